The molecule has 0 spiro atoms. The third-order valence-electron chi connectivity index (χ3n) is 6.47. The lowest BCUT2D eigenvalue weighted by Crippen LogP contribution is -2.29. The van der Waals surface area contributed by atoms with Crippen LogP contribution in [0, 0.1) is 20.8 Å². The van der Waals surface area contributed by atoms with Crippen LogP contribution in [0.3, 0.4) is 0 Å². The average Bonchev–Trinajstić information content (AvgIpc) is 3.31. The van der Waals surface area contributed by atoms with Gasteiger partial charge in [0.25, 0.3) is 0 Å². The maximum atomic E-state index is 6.38. The number of thiocarbonyl (C=S) groups is 1. The van der Waals surface area contributed by atoms with Crippen LogP contribution < -0.4 is 5.32 Å². The lowest BCUT2D eigenvalue weighted by atomic mass is 9.96. The number of pyridine rings is 2. The minimum absolute atomic E-state index is 0.0259. The van der Waals surface area contributed by atoms with E-state index in [2.05, 4.69) is 69.8 Å². The standard InChI is InChI=1S/C27H26ClN5S/c1-17-9-10-21(28)14-24(17)33-18(2)13-22(19(33)3)26-25(23-8-4-5-12-30-23)31-27(34)32(26)16-20-7-6-11-29-15-20/h4-15,25-26H,16H2,1-3H3,(H,31,34)/t25-,26+/m0/s1. The van der Waals surface area contributed by atoms with Gasteiger partial charge in [-0.25, -0.2) is 0 Å². The molecule has 1 aliphatic heterocycles. The van der Waals surface area contributed by atoms with E-state index in [-0.39, 0.29) is 12.1 Å². The molecule has 5 nitrogen and oxygen atoms in total. The molecule has 4 aromatic rings. The van der Waals surface area contributed by atoms with Gasteiger partial charge in [-0.2, -0.15) is 0 Å². The van der Waals surface area contributed by atoms with Crippen LogP contribution in [0.4, 0.5) is 0 Å². The second kappa shape index (κ2) is 9.20. The van der Waals surface area contributed by atoms with E-state index < -0.39 is 0 Å². The van der Waals surface area contributed by atoms with Gasteiger partial charge >= 0.3 is 0 Å². The Kier molecular flexibility index (Phi) is 6.11. The molecule has 0 radical (unpaired) electrons. The van der Waals surface area contributed by atoms with Crippen LogP contribution in [-0.4, -0.2) is 24.5 Å². The second-order valence-electron chi connectivity index (χ2n) is 8.71. The molecule has 1 fully saturated rings. The molecule has 0 amide bonds. The lowest BCUT2D eigenvalue weighted by Gasteiger charge is -2.28. The van der Waals surface area contributed by atoms with Gasteiger partial charge in [0.2, 0.25) is 0 Å². The summed E-state index contributed by atoms with van der Waals surface area (Å²) in [6.45, 7) is 7.08. The number of rotatable bonds is 5. The highest BCUT2D eigenvalue weighted by Gasteiger charge is 2.41. The molecule has 1 aromatic carbocycles. The van der Waals surface area contributed by atoms with E-state index >= 15 is 0 Å². The molecule has 1 N–H and O–H groups in total. The van der Waals surface area contributed by atoms with Gasteiger partial charge in [-0.15, -0.1) is 0 Å². The van der Waals surface area contributed by atoms with Crippen LogP contribution in [0.1, 0.15) is 45.9 Å². The minimum atomic E-state index is -0.0696. The van der Waals surface area contributed by atoms with Crippen molar-refractivity contribution in [2.75, 3.05) is 0 Å². The number of halogens is 1. The number of hydrogen-bond donors (Lipinski definition) is 1. The molecule has 4 heterocycles. The summed E-state index contributed by atoms with van der Waals surface area (Å²) in [4.78, 5) is 11.2. The fourth-order valence-corrected chi connectivity index (χ4v) is 5.36. The molecule has 1 saturated heterocycles. The van der Waals surface area contributed by atoms with E-state index in [1.165, 1.54) is 11.1 Å². The lowest BCUT2D eigenvalue weighted by molar-refractivity contribution is 0.310. The van der Waals surface area contributed by atoms with E-state index in [1.807, 2.05) is 42.7 Å². The number of benzene rings is 1. The van der Waals surface area contributed by atoms with Crippen molar-refractivity contribution >= 4 is 28.9 Å². The molecule has 3 aromatic heterocycles. The van der Waals surface area contributed by atoms with Crippen molar-refractivity contribution in [3.05, 3.63) is 112 Å². The highest BCUT2D eigenvalue weighted by molar-refractivity contribution is 7.80. The van der Waals surface area contributed by atoms with E-state index in [1.54, 1.807) is 6.20 Å². The number of hydrogen-bond acceptors (Lipinski definition) is 3. The molecule has 0 aliphatic carbocycles. The van der Waals surface area contributed by atoms with Gasteiger partial charge in [0.1, 0.15) is 0 Å². The summed E-state index contributed by atoms with van der Waals surface area (Å²) in [7, 11) is 0. The van der Waals surface area contributed by atoms with E-state index in [9.17, 15) is 0 Å². The molecular formula is C27H26ClN5S. The van der Waals surface area contributed by atoms with Crippen LogP contribution in [-0.2, 0) is 6.54 Å². The molecule has 0 bridgehead atoms. The summed E-state index contributed by atoms with van der Waals surface area (Å²) in [5.41, 5.74) is 7.86. The van der Waals surface area contributed by atoms with Crippen LogP contribution in [0.15, 0.2) is 73.2 Å². The second-order valence-corrected chi connectivity index (χ2v) is 9.53. The van der Waals surface area contributed by atoms with Crippen LogP contribution >= 0.6 is 23.8 Å². The summed E-state index contributed by atoms with van der Waals surface area (Å²) in [6, 6.07) is 18.3. The van der Waals surface area contributed by atoms with Crippen molar-refractivity contribution in [2.24, 2.45) is 0 Å². The van der Waals surface area contributed by atoms with Crippen molar-refractivity contribution in [2.45, 2.75) is 39.4 Å². The molecule has 0 unspecified atom stereocenters. The largest absolute Gasteiger partial charge is 0.352 e. The zero-order valence-electron chi connectivity index (χ0n) is 19.4. The summed E-state index contributed by atoms with van der Waals surface area (Å²) in [5, 5.41) is 4.99. The molecular weight excluding hydrogens is 462 g/mol. The topological polar surface area (TPSA) is 46.0 Å². The van der Waals surface area contributed by atoms with E-state index in [4.69, 9.17) is 23.8 Å². The third kappa shape index (κ3) is 4.08. The van der Waals surface area contributed by atoms with E-state index in [0.29, 0.717) is 11.7 Å². The quantitative estimate of drug-likeness (QED) is 0.349. The van der Waals surface area contributed by atoms with Crippen molar-refractivity contribution in [3.8, 4) is 5.69 Å². The van der Waals surface area contributed by atoms with E-state index in [0.717, 1.165) is 33.4 Å². The van der Waals surface area contributed by atoms with Gasteiger partial charge in [-0.05, 0) is 86.1 Å². The molecule has 172 valence electrons. The van der Waals surface area contributed by atoms with Gasteiger partial charge in [0, 0.05) is 47.2 Å². The number of aromatic nitrogens is 3. The average molecular weight is 488 g/mol. The zero-order chi connectivity index (χ0) is 23.8. The third-order valence-corrected chi connectivity index (χ3v) is 7.06. The first-order valence-electron chi connectivity index (χ1n) is 11.3. The fraction of sp³-hybridized carbons (Fsp3) is 0.222. The Hall–Kier alpha value is -3.22. The number of nitrogens with one attached hydrogen (secondary N) is 1. The van der Waals surface area contributed by atoms with Gasteiger partial charge in [-0.3, -0.25) is 9.97 Å². The Morgan fingerprint density at radius 1 is 1.03 bits per heavy atom. The van der Waals surface area contributed by atoms with Gasteiger partial charge in [0.15, 0.2) is 5.11 Å². The molecule has 2 atom stereocenters. The molecule has 5 rings (SSSR count). The number of nitrogens with zero attached hydrogens (tertiary/aromatic N) is 4. The monoisotopic (exact) mass is 487 g/mol. The fourth-order valence-electron chi connectivity index (χ4n) is 4.88. The Morgan fingerprint density at radius 2 is 1.88 bits per heavy atom. The van der Waals surface area contributed by atoms with Crippen molar-refractivity contribution in [1.29, 1.82) is 0 Å². The maximum absolute atomic E-state index is 6.38. The molecule has 7 heteroatoms. The molecule has 34 heavy (non-hydrogen) atoms. The predicted octanol–water partition coefficient (Wildman–Crippen LogP) is 6.02. The van der Waals surface area contributed by atoms with Crippen LogP contribution in [0.5, 0.6) is 0 Å². The summed E-state index contributed by atoms with van der Waals surface area (Å²) >= 11 is 12.2. The highest BCUT2D eigenvalue weighted by atomic mass is 35.5. The first kappa shape index (κ1) is 22.6. The van der Waals surface area contributed by atoms with Crippen molar-refractivity contribution in [1.82, 2.24) is 24.8 Å². The Bertz CT molecular complexity index is 1340. The highest BCUT2D eigenvalue weighted by Crippen LogP contribution is 2.42. The van der Waals surface area contributed by atoms with Crippen molar-refractivity contribution in [3.63, 3.8) is 0 Å². The summed E-state index contributed by atoms with van der Waals surface area (Å²) in [5.74, 6) is 0. The summed E-state index contributed by atoms with van der Waals surface area (Å²) < 4.78 is 2.29. The molecule has 1 aliphatic rings. The summed E-state index contributed by atoms with van der Waals surface area (Å²) in [6.07, 6.45) is 5.52. The predicted molar refractivity (Wildman–Crippen MR) is 140 cm³/mol. The Balaban J connectivity index is 1.64. The molecule has 0 saturated carbocycles. The first-order chi connectivity index (χ1) is 16.4. The Morgan fingerprint density at radius 3 is 2.62 bits per heavy atom. The van der Waals surface area contributed by atoms with Crippen molar-refractivity contribution < 1.29 is 0 Å². The van der Waals surface area contributed by atoms with Gasteiger partial charge < -0.3 is 14.8 Å². The Labute approximate surface area is 210 Å². The normalized spacial score (nSPS) is 17.8. The maximum Gasteiger partial charge on any atom is 0.170 e. The smallest absolute Gasteiger partial charge is 0.170 e. The van der Waals surface area contributed by atoms with Crippen LogP contribution in [0.2, 0.25) is 5.02 Å². The van der Waals surface area contributed by atoms with Gasteiger partial charge in [-0.1, -0.05) is 29.8 Å². The zero-order valence-corrected chi connectivity index (χ0v) is 20.9. The SMILES string of the molecule is Cc1ccc(Cl)cc1-n1c(C)cc([C@@H]2[C@H](c3ccccn3)NC(=S)N2Cc2cccnc2)c1C. The van der Waals surface area contributed by atoms with Gasteiger partial charge in [0.05, 0.1) is 17.8 Å². The van der Waals surface area contributed by atoms with Crippen LogP contribution in [0.25, 0.3) is 5.69 Å². The number of aryl methyl sites for hydroxylation is 2. The first-order valence-corrected chi connectivity index (χ1v) is 12.0. The minimum Gasteiger partial charge on any atom is -0.352 e.